The molecule has 5 heteroatoms. The van der Waals surface area contributed by atoms with Gasteiger partial charge in [0.15, 0.2) is 0 Å². The van der Waals surface area contributed by atoms with Crippen LogP contribution in [-0.4, -0.2) is 42.0 Å². The molecule has 19 heavy (non-hydrogen) atoms. The highest BCUT2D eigenvalue weighted by Crippen LogP contribution is 2.25. The molecule has 0 amide bonds. The molecule has 3 N–H and O–H groups in total. The van der Waals surface area contributed by atoms with Crippen molar-refractivity contribution in [1.29, 1.82) is 0 Å². The Balaban J connectivity index is 2.34. The lowest BCUT2D eigenvalue weighted by molar-refractivity contribution is -0.0421. The zero-order valence-corrected chi connectivity index (χ0v) is 12.1. The van der Waals surface area contributed by atoms with Gasteiger partial charge in [-0.05, 0) is 31.5 Å². The molecule has 0 spiro atoms. The van der Waals surface area contributed by atoms with E-state index in [0.717, 1.165) is 23.4 Å². The van der Waals surface area contributed by atoms with Crippen molar-refractivity contribution in [3.05, 3.63) is 29.3 Å². The van der Waals surface area contributed by atoms with Crippen LogP contribution in [0.4, 0.5) is 5.69 Å². The van der Waals surface area contributed by atoms with Gasteiger partial charge in [-0.3, -0.25) is 0 Å². The van der Waals surface area contributed by atoms with Crippen LogP contribution in [-0.2, 0) is 4.74 Å². The highest BCUT2D eigenvalue weighted by molar-refractivity contribution is 7.80. The summed E-state index contributed by atoms with van der Waals surface area (Å²) in [5.74, 6) is 0. The second-order valence-corrected chi connectivity index (χ2v) is 5.48. The number of anilines is 1. The zero-order chi connectivity index (χ0) is 14.0. The van der Waals surface area contributed by atoms with Gasteiger partial charge in [0.2, 0.25) is 0 Å². The number of nitrogens with two attached hydrogens (primary N) is 1. The number of ether oxygens (including phenoxy) is 1. The van der Waals surface area contributed by atoms with E-state index < -0.39 is 0 Å². The summed E-state index contributed by atoms with van der Waals surface area (Å²) in [6.45, 7) is 5.50. The van der Waals surface area contributed by atoms with Crippen LogP contribution < -0.4 is 10.6 Å². The van der Waals surface area contributed by atoms with Gasteiger partial charge in [-0.25, -0.2) is 0 Å². The summed E-state index contributed by atoms with van der Waals surface area (Å²) < 4.78 is 5.66. The lowest BCUT2D eigenvalue weighted by Gasteiger charge is -2.38. The van der Waals surface area contributed by atoms with E-state index in [9.17, 15) is 5.11 Å². The van der Waals surface area contributed by atoms with Crippen molar-refractivity contribution in [2.75, 3.05) is 24.6 Å². The maximum Gasteiger partial charge on any atom is 0.106 e. The van der Waals surface area contributed by atoms with Crippen molar-refractivity contribution >= 4 is 22.9 Å². The Bertz CT molecular complexity index is 479. The second kappa shape index (κ2) is 5.86. The molecule has 1 saturated heterocycles. The minimum absolute atomic E-state index is 0.0229. The van der Waals surface area contributed by atoms with Crippen LogP contribution in [0.5, 0.6) is 0 Å². The predicted molar refractivity (Wildman–Crippen MR) is 80.7 cm³/mol. The van der Waals surface area contributed by atoms with E-state index in [4.69, 9.17) is 22.7 Å². The summed E-state index contributed by atoms with van der Waals surface area (Å²) >= 11 is 5.12. The van der Waals surface area contributed by atoms with Gasteiger partial charge in [-0.15, -0.1) is 0 Å². The summed E-state index contributed by atoms with van der Waals surface area (Å²) in [7, 11) is 0. The van der Waals surface area contributed by atoms with Crippen molar-refractivity contribution < 1.29 is 9.84 Å². The number of hydrogen-bond acceptors (Lipinski definition) is 4. The quantitative estimate of drug-likeness (QED) is 0.815. The van der Waals surface area contributed by atoms with Crippen LogP contribution in [0.25, 0.3) is 0 Å². The number of hydrogen-bond donors (Lipinski definition) is 2. The van der Waals surface area contributed by atoms with Crippen LogP contribution in [0, 0.1) is 6.92 Å². The van der Waals surface area contributed by atoms with Crippen molar-refractivity contribution in [2.24, 2.45) is 5.73 Å². The summed E-state index contributed by atoms with van der Waals surface area (Å²) in [6.07, 6.45) is -0.0888. The number of thiocarbonyl (C=S) groups is 1. The molecule has 0 radical (unpaired) electrons. The number of benzene rings is 1. The van der Waals surface area contributed by atoms with Crippen LogP contribution in [0.1, 0.15) is 18.1 Å². The minimum Gasteiger partial charge on any atom is -0.394 e. The maximum atomic E-state index is 9.30. The molecule has 2 atom stereocenters. The van der Waals surface area contributed by atoms with Crippen molar-refractivity contribution in [3.63, 3.8) is 0 Å². The fraction of sp³-hybridized carbons (Fsp3) is 0.500. The largest absolute Gasteiger partial charge is 0.394 e. The average molecular weight is 280 g/mol. The molecule has 2 rings (SSSR count). The van der Waals surface area contributed by atoms with Gasteiger partial charge in [-0.1, -0.05) is 18.3 Å². The number of morpholine rings is 1. The minimum atomic E-state index is -0.163. The monoisotopic (exact) mass is 280 g/mol. The van der Waals surface area contributed by atoms with E-state index in [2.05, 4.69) is 11.0 Å². The third-order valence-corrected chi connectivity index (χ3v) is 3.51. The number of rotatable bonds is 3. The fourth-order valence-electron chi connectivity index (χ4n) is 2.45. The van der Waals surface area contributed by atoms with Gasteiger partial charge in [-0.2, -0.15) is 0 Å². The fourth-order valence-corrected chi connectivity index (χ4v) is 2.63. The first kappa shape index (κ1) is 14.2. The van der Waals surface area contributed by atoms with E-state index in [1.54, 1.807) is 0 Å². The van der Waals surface area contributed by atoms with Crippen LogP contribution in [0.3, 0.4) is 0 Å². The highest BCUT2D eigenvalue weighted by Gasteiger charge is 2.26. The Kier molecular flexibility index (Phi) is 4.39. The van der Waals surface area contributed by atoms with Crippen LogP contribution in [0.15, 0.2) is 18.2 Å². The Morgan fingerprint density at radius 2 is 2.26 bits per heavy atom. The van der Waals surface area contributed by atoms with Gasteiger partial charge < -0.3 is 20.5 Å². The SMILES string of the molecule is Cc1ccc(C(N)=S)c(N2CC(C)OC(CO)C2)c1. The number of aliphatic hydroxyl groups is 1. The third-order valence-electron chi connectivity index (χ3n) is 3.29. The Hall–Kier alpha value is -1.17. The molecule has 1 aromatic carbocycles. The van der Waals surface area contributed by atoms with E-state index in [1.807, 2.05) is 26.0 Å². The van der Waals surface area contributed by atoms with E-state index in [1.165, 1.54) is 0 Å². The molecule has 1 fully saturated rings. The van der Waals surface area contributed by atoms with E-state index >= 15 is 0 Å². The van der Waals surface area contributed by atoms with Crippen molar-refractivity contribution in [1.82, 2.24) is 0 Å². The van der Waals surface area contributed by atoms with Crippen LogP contribution >= 0.6 is 12.2 Å². The molecule has 1 aromatic rings. The zero-order valence-electron chi connectivity index (χ0n) is 11.3. The average Bonchev–Trinajstić information content (AvgIpc) is 2.37. The van der Waals surface area contributed by atoms with Gasteiger partial charge in [0.1, 0.15) is 4.99 Å². The first-order valence-electron chi connectivity index (χ1n) is 6.43. The predicted octanol–water partition coefficient (Wildman–Crippen LogP) is 1.22. The van der Waals surface area contributed by atoms with Gasteiger partial charge in [0, 0.05) is 24.3 Å². The highest BCUT2D eigenvalue weighted by atomic mass is 32.1. The molecule has 0 aromatic heterocycles. The van der Waals surface area contributed by atoms with Gasteiger partial charge >= 0.3 is 0 Å². The number of nitrogens with zero attached hydrogens (tertiary/aromatic N) is 1. The second-order valence-electron chi connectivity index (χ2n) is 5.04. The van der Waals surface area contributed by atoms with Gasteiger partial charge in [0.05, 0.1) is 18.8 Å². The van der Waals surface area contributed by atoms with Crippen molar-refractivity contribution in [2.45, 2.75) is 26.1 Å². The Labute approximate surface area is 119 Å². The molecular formula is C14H20N2O2S. The summed E-state index contributed by atoms with van der Waals surface area (Å²) in [6, 6.07) is 6.05. The molecular weight excluding hydrogens is 260 g/mol. The van der Waals surface area contributed by atoms with Crippen LogP contribution in [0.2, 0.25) is 0 Å². The normalized spacial score (nSPS) is 23.4. The molecule has 4 nitrogen and oxygen atoms in total. The van der Waals surface area contributed by atoms with E-state index in [-0.39, 0.29) is 18.8 Å². The first-order valence-corrected chi connectivity index (χ1v) is 6.83. The standard InChI is InChI=1S/C14H20N2O2S/c1-9-3-4-12(14(15)19)13(5-9)16-6-10(2)18-11(7-16)8-17/h3-5,10-11,17H,6-8H2,1-2H3,(H2,15,19). The summed E-state index contributed by atoms with van der Waals surface area (Å²) in [4.78, 5) is 2.59. The molecule has 1 aliphatic rings. The maximum absolute atomic E-state index is 9.30. The molecule has 0 aliphatic carbocycles. The Morgan fingerprint density at radius 3 is 2.89 bits per heavy atom. The molecule has 0 bridgehead atoms. The smallest absolute Gasteiger partial charge is 0.106 e. The summed E-state index contributed by atoms with van der Waals surface area (Å²) in [5, 5.41) is 9.30. The summed E-state index contributed by atoms with van der Waals surface area (Å²) in [5.41, 5.74) is 8.87. The lowest BCUT2D eigenvalue weighted by Crippen LogP contribution is -2.48. The number of aryl methyl sites for hydroxylation is 1. The number of aliphatic hydroxyl groups excluding tert-OH is 1. The Morgan fingerprint density at radius 1 is 1.53 bits per heavy atom. The van der Waals surface area contributed by atoms with Gasteiger partial charge in [0.25, 0.3) is 0 Å². The molecule has 0 saturated carbocycles. The topological polar surface area (TPSA) is 58.7 Å². The molecule has 2 unspecified atom stereocenters. The third kappa shape index (κ3) is 3.23. The molecule has 1 heterocycles. The van der Waals surface area contributed by atoms with E-state index in [0.29, 0.717) is 11.5 Å². The first-order chi connectivity index (χ1) is 9.01. The molecule has 1 aliphatic heterocycles. The lowest BCUT2D eigenvalue weighted by atomic mass is 10.1. The molecule has 104 valence electrons. The van der Waals surface area contributed by atoms with Crippen molar-refractivity contribution in [3.8, 4) is 0 Å².